The summed E-state index contributed by atoms with van der Waals surface area (Å²) in [7, 11) is -2.30. The highest BCUT2D eigenvalue weighted by atomic mass is 31.2. The SMILES string of the molecule is [2H]C([2H])(C1=NN(P(=O)(OC)OC)C(=O)C1)N1[C@@H](c2ccc(F)cc2C)[C@@H](O[C@@](C)(c2cc(C(F)(F)F)cc(C(F)(F)F)c2C)C(C)C)OC(C)C1(C)C. The molecule has 0 saturated carbocycles. The van der Waals surface area contributed by atoms with E-state index in [4.69, 9.17) is 18.5 Å². The van der Waals surface area contributed by atoms with Gasteiger partial charge in [0.2, 0.25) is 0 Å². The van der Waals surface area contributed by atoms with Crippen LogP contribution < -0.4 is 0 Å². The van der Waals surface area contributed by atoms with E-state index >= 15 is 0 Å². The largest absolute Gasteiger partial charge is 0.457 e. The number of amides is 1. The van der Waals surface area contributed by atoms with Crippen LogP contribution in [-0.2, 0) is 45.8 Å². The number of hydrogen-bond donors (Lipinski definition) is 0. The van der Waals surface area contributed by atoms with Gasteiger partial charge in [-0.15, -0.1) is 4.78 Å². The molecule has 0 spiro atoms. The third-order valence-corrected chi connectivity index (χ3v) is 11.5. The van der Waals surface area contributed by atoms with Crippen LogP contribution in [-0.4, -0.2) is 59.9 Å². The molecule has 0 N–H and O–H groups in total. The fourth-order valence-corrected chi connectivity index (χ4v) is 7.18. The van der Waals surface area contributed by atoms with Crippen molar-refractivity contribution in [3.8, 4) is 0 Å². The highest BCUT2D eigenvalue weighted by Crippen LogP contribution is 2.53. The zero-order valence-corrected chi connectivity index (χ0v) is 30.7. The van der Waals surface area contributed by atoms with Crippen LogP contribution >= 0.6 is 7.75 Å². The summed E-state index contributed by atoms with van der Waals surface area (Å²) in [5.74, 6) is -2.38. The average molecular weight is 756 g/mol. The minimum atomic E-state index is -5.17. The van der Waals surface area contributed by atoms with E-state index < -0.39 is 108 Å². The van der Waals surface area contributed by atoms with Gasteiger partial charge in [-0.3, -0.25) is 18.7 Å². The van der Waals surface area contributed by atoms with E-state index in [9.17, 15) is 42.8 Å². The van der Waals surface area contributed by atoms with E-state index in [-0.39, 0.29) is 17.2 Å². The lowest BCUT2D eigenvalue weighted by atomic mass is 9.79. The smallest absolute Gasteiger partial charge is 0.346 e. The van der Waals surface area contributed by atoms with Gasteiger partial charge in [-0.2, -0.15) is 31.4 Å². The van der Waals surface area contributed by atoms with Crippen LogP contribution in [0.3, 0.4) is 0 Å². The number of carbonyl (C=O) groups excluding carboxylic acids is 1. The van der Waals surface area contributed by atoms with Gasteiger partial charge in [-0.25, -0.2) is 8.96 Å². The number of hydrazone groups is 1. The van der Waals surface area contributed by atoms with Crippen molar-refractivity contribution in [2.45, 2.75) is 104 Å². The van der Waals surface area contributed by atoms with Crippen molar-refractivity contribution in [2.24, 2.45) is 11.0 Å². The lowest BCUT2D eigenvalue weighted by molar-refractivity contribution is -0.310. The van der Waals surface area contributed by atoms with E-state index in [2.05, 4.69) is 5.10 Å². The molecule has 0 aromatic heterocycles. The molecular formula is C34H43F7N3O6P. The van der Waals surface area contributed by atoms with Gasteiger partial charge >= 0.3 is 20.1 Å². The normalized spacial score (nSPS) is 24.0. The number of hydrogen-bond acceptors (Lipinski definition) is 8. The molecule has 4 atom stereocenters. The van der Waals surface area contributed by atoms with Crippen LogP contribution in [0.4, 0.5) is 30.7 Å². The van der Waals surface area contributed by atoms with Gasteiger partial charge in [0.05, 0.1) is 41.0 Å². The number of nitrogens with zero attached hydrogens (tertiary/aromatic N) is 3. The van der Waals surface area contributed by atoms with Crippen molar-refractivity contribution in [1.82, 2.24) is 9.68 Å². The second-order valence-corrected chi connectivity index (χ2v) is 15.6. The van der Waals surface area contributed by atoms with Crippen molar-refractivity contribution in [1.29, 1.82) is 0 Å². The Labute approximate surface area is 295 Å². The minimum absolute atomic E-state index is 0.0428. The molecule has 2 heterocycles. The Hall–Kier alpha value is -2.88. The predicted octanol–water partition coefficient (Wildman–Crippen LogP) is 8.92. The van der Waals surface area contributed by atoms with Crippen LogP contribution in [0.2, 0.25) is 0 Å². The van der Waals surface area contributed by atoms with E-state index in [1.165, 1.54) is 38.7 Å². The number of rotatable bonds is 10. The zero-order valence-electron chi connectivity index (χ0n) is 31.8. The summed E-state index contributed by atoms with van der Waals surface area (Å²) in [6.07, 6.45) is -13.6. The number of morpholine rings is 1. The molecule has 1 unspecified atom stereocenters. The van der Waals surface area contributed by atoms with E-state index in [0.29, 0.717) is 10.8 Å². The standard InChI is InChI=1S/C34H43F7N3O6P/c1-18(2)32(8,26-14-22(33(36,37)38)15-27(20(26)4)34(39,40)41)50-30-29(25-12-11-23(35)13-19(25)3)43(31(6,7)21(5)49-30)17-24-16-28(45)44(42-24)51(46,47-9)48-10/h11-15,18,21,29-30H,16-17H2,1-10H3/t21?,29-,30+,32+/m0/s1/i17D2. The number of alkyl halides is 6. The molecule has 0 aliphatic carbocycles. The molecule has 1 fully saturated rings. The van der Waals surface area contributed by atoms with Crippen molar-refractivity contribution in [2.75, 3.05) is 20.7 Å². The monoisotopic (exact) mass is 755 g/mol. The first-order valence-electron chi connectivity index (χ1n) is 16.9. The quantitative estimate of drug-likeness (QED) is 0.177. The number of aryl methyl sites for hydroxylation is 1. The molecule has 0 radical (unpaired) electrons. The topological polar surface area (TPSA) is 89.9 Å². The molecule has 1 saturated heterocycles. The molecule has 51 heavy (non-hydrogen) atoms. The number of carbonyl (C=O) groups is 1. The Morgan fingerprint density at radius 3 is 2.16 bits per heavy atom. The Morgan fingerprint density at radius 1 is 1.06 bits per heavy atom. The Kier molecular flexibility index (Phi) is 10.5. The molecule has 2 aliphatic heterocycles. The van der Waals surface area contributed by atoms with Gasteiger partial charge in [0.15, 0.2) is 6.29 Å². The fourth-order valence-electron chi connectivity index (χ4n) is 6.16. The predicted molar refractivity (Wildman–Crippen MR) is 174 cm³/mol. The third-order valence-electron chi connectivity index (χ3n) is 9.78. The second-order valence-electron chi connectivity index (χ2n) is 13.5. The van der Waals surface area contributed by atoms with Crippen LogP contribution in [0.15, 0.2) is 35.4 Å². The maximum atomic E-state index is 14.5. The first-order chi connectivity index (χ1) is 24.1. The molecule has 4 rings (SSSR count). The minimum Gasteiger partial charge on any atom is -0.346 e. The number of benzene rings is 2. The van der Waals surface area contributed by atoms with Crippen molar-refractivity contribution < 1.29 is 61.4 Å². The van der Waals surface area contributed by atoms with Crippen molar-refractivity contribution in [3.05, 3.63) is 69.5 Å². The van der Waals surface area contributed by atoms with E-state index in [1.54, 1.807) is 20.8 Å². The molecule has 284 valence electrons. The molecule has 2 aromatic carbocycles. The van der Waals surface area contributed by atoms with Gasteiger partial charge in [0.1, 0.15) is 5.82 Å². The lowest BCUT2D eigenvalue weighted by Crippen LogP contribution is -2.64. The summed E-state index contributed by atoms with van der Waals surface area (Å²) in [4.78, 5) is 14.4. The average Bonchev–Trinajstić information content (AvgIpc) is 3.44. The highest BCUT2D eigenvalue weighted by molar-refractivity contribution is 7.52. The van der Waals surface area contributed by atoms with Gasteiger partial charge in [-0.05, 0) is 94.0 Å². The molecule has 1 amide bonds. The van der Waals surface area contributed by atoms with Gasteiger partial charge < -0.3 is 9.47 Å². The summed E-state index contributed by atoms with van der Waals surface area (Å²) in [6.45, 7) is 9.00. The molecule has 0 bridgehead atoms. The maximum absolute atomic E-state index is 14.5. The lowest BCUT2D eigenvalue weighted by Gasteiger charge is -2.56. The van der Waals surface area contributed by atoms with Crippen molar-refractivity contribution in [3.63, 3.8) is 0 Å². The maximum Gasteiger partial charge on any atom is 0.457 e. The molecular weight excluding hydrogens is 710 g/mol. The fraction of sp³-hybridized carbons (Fsp3) is 0.588. The summed E-state index contributed by atoms with van der Waals surface area (Å²) in [6, 6.07) is 2.83. The summed E-state index contributed by atoms with van der Waals surface area (Å²) < 4.78 is 155. The molecule has 17 heteroatoms. The Morgan fingerprint density at radius 2 is 1.65 bits per heavy atom. The second kappa shape index (κ2) is 14.2. The van der Waals surface area contributed by atoms with Gasteiger partial charge in [0, 0.05) is 29.0 Å². The van der Waals surface area contributed by atoms with Crippen LogP contribution in [0.1, 0.15) is 90.1 Å². The third kappa shape index (κ3) is 7.77. The van der Waals surface area contributed by atoms with Gasteiger partial charge in [-0.1, -0.05) is 19.9 Å². The molecule has 2 aromatic rings. The molecule has 2 aliphatic rings. The van der Waals surface area contributed by atoms with Crippen molar-refractivity contribution >= 4 is 19.4 Å². The van der Waals surface area contributed by atoms with Crippen LogP contribution in [0.25, 0.3) is 0 Å². The highest BCUT2D eigenvalue weighted by Gasteiger charge is 2.53. The summed E-state index contributed by atoms with van der Waals surface area (Å²) in [5.41, 5.74) is -7.26. The van der Waals surface area contributed by atoms with E-state index in [0.717, 1.165) is 33.3 Å². The zero-order chi connectivity index (χ0) is 40.4. The Balaban J connectivity index is 2.01. The Bertz CT molecular complexity index is 1820. The first-order valence-corrected chi connectivity index (χ1v) is 17.4. The summed E-state index contributed by atoms with van der Waals surface area (Å²) in [5, 5.41) is 4.05. The van der Waals surface area contributed by atoms with E-state index in [1.807, 2.05) is 0 Å². The number of halogens is 7. The molecule has 9 nitrogen and oxygen atoms in total. The van der Waals surface area contributed by atoms with Crippen LogP contribution in [0.5, 0.6) is 0 Å². The summed E-state index contributed by atoms with van der Waals surface area (Å²) >= 11 is 0. The van der Waals surface area contributed by atoms with Crippen LogP contribution in [0, 0.1) is 25.6 Å². The number of ether oxygens (including phenoxy) is 2. The van der Waals surface area contributed by atoms with Gasteiger partial charge in [0.25, 0.3) is 5.91 Å². The first kappa shape index (κ1) is 37.9.